The van der Waals surface area contributed by atoms with Crippen molar-refractivity contribution in [2.24, 2.45) is 7.05 Å². The first kappa shape index (κ1) is 17.8. The highest BCUT2D eigenvalue weighted by atomic mass is 32.2. The summed E-state index contributed by atoms with van der Waals surface area (Å²) in [6.45, 7) is 1.52. The molecule has 0 spiro atoms. The standard InChI is InChI=1S/C16H28N4O3S/c1-19-9-13(15-8-17-12-20(15)2)14(10-19)18-24(21,22)11-16(23-3)6-4-5-7-16/h8,12-14,18H,4-7,9-11H2,1-3H3/t13-,14-/m1/s1. The van der Waals surface area contributed by atoms with Crippen LogP contribution in [0.15, 0.2) is 12.5 Å². The minimum absolute atomic E-state index is 0.0504. The monoisotopic (exact) mass is 356 g/mol. The number of hydrogen-bond acceptors (Lipinski definition) is 5. The number of nitrogens with zero attached hydrogens (tertiary/aromatic N) is 3. The number of imidazole rings is 1. The Morgan fingerprint density at radius 3 is 2.62 bits per heavy atom. The molecular formula is C16H28N4O3S. The van der Waals surface area contributed by atoms with Gasteiger partial charge in [-0.1, -0.05) is 12.8 Å². The van der Waals surface area contributed by atoms with Crippen LogP contribution in [-0.4, -0.2) is 67.5 Å². The van der Waals surface area contributed by atoms with Gasteiger partial charge in [0, 0.05) is 51.1 Å². The molecule has 1 saturated heterocycles. The molecule has 0 radical (unpaired) electrons. The molecule has 3 rings (SSSR count). The summed E-state index contributed by atoms with van der Waals surface area (Å²) in [6.07, 6.45) is 7.30. The van der Waals surface area contributed by atoms with E-state index < -0.39 is 15.6 Å². The van der Waals surface area contributed by atoms with Crippen LogP contribution in [0.3, 0.4) is 0 Å². The van der Waals surface area contributed by atoms with Crippen molar-refractivity contribution in [3.8, 4) is 0 Å². The molecule has 0 unspecified atom stereocenters. The van der Waals surface area contributed by atoms with Gasteiger partial charge in [-0.05, 0) is 19.9 Å². The van der Waals surface area contributed by atoms with Crippen LogP contribution in [0.5, 0.6) is 0 Å². The number of rotatable bonds is 6. The Bertz CT molecular complexity index is 667. The minimum atomic E-state index is -3.41. The maximum atomic E-state index is 12.8. The molecule has 1 aliphatic carbocycles. The Morgan fingerprint density at radius 1 is 1.33 bits per heavy atom. The molecule has 2 aliphatic rings. The molecule has 2 fully saturated rings. The maximum Gasteiger partial charge on any atom is 0.214 e. The van der Waals surface area contributed by atoms with Crippen LogP contribution in [0.1, 0.15) is 37.3 Å². The van der Waals surface area contributed by atoms with E-state index in [1.165, 1.54) is 0 Å². The lowest BCUT2D eigenvalue weighted by Gasteiger charge is -2.28. The summed E-state index contributed by atoms with van der Waals surface area (Å²) in [4.78, 5) is 6.34. The maximum absolute atomic E-state index is 12.8. The molecule has 0 bridgehead atoms. The predicted octanol–water partition coefficient (Wildman–Crippen LogP) is 0.696. The number of methoxy groups -OCH3 is 1. The average Bonchev–Trinajstić information content (AvgIpc) is 3.20. The molecule has 0 amide bonds. The number of aromatic nitrogens is 2. The van der Waals surface area contributed by atoms with E-state index in [1.54, 1.807) is 13.4 Å². The number of nitrogens with one attached hydrogen (secondary N) is 1. The van der Waals surface area contributed by atoms with Gasteiger partial charge in [-0.15, -0.1) is 0 Å². The van der Waals surface area contributed by atoms with Gasteiger partial charge in [0.15, 0.2) is 0 Å². The molecule has 24 heavy (non-hydrogen) atoms. The average molecular weight is 356 g/mol. The predicted molar refractivity (Wildman–Crippen MR) is 92.4 cm³/mol. The minimum Gasteiger partial charge on any atom is -0.377 e. The molecule has 8 heteroatoms. The number of aryl methyl sites for hydroxylation is 1. The second-order valence-electron chi connectivity index (χ2n) is 7.33. The quantitative estimate of drug-likeness (QED) is 0.812. The van der Waals surface area contributed by atoms with Gasteiger partial charge in [-0.25, -0.2) is 18.1 Å². The van der Waals surface area contributed by atoms with Gasteiger partial charge in [0.05, 0.1) is 17.7 Å². The van der Waals surface area contributed by atoms with E-state index >= 15 is 0 Å². The van der Waals surface area contributed by atoms with Crippen molar-refractivity contribution in [2.45, 2.75) is 43.2 Å². The molecule has 1 N–H and O–H groups in total. The molecule has 2 atom stereocenters. The van der Waals surface area contributed by atoms with Gasteiger partial charge in [0.2, 0.25) is 10.0 Å². The SMILES string of the molecule is COC1(CS(=O)(=O)N[C@@H]2CN(C)C[C@H]2c2cncn2C)CCCC1. The van der Waals surface area contributed by atoms with Gasteiger partial charge < -0.3 is 14.2 Å². The third-order valence-corrected chi connectivity index (χ3v) is 7.04. The zero-order chi connectivity index (χ0) is 17.4. The lowest BCUT2D eigenvalue weighted by Crippen LogP contribution is -2.46. The zero-order valence-electron chi connectivity index (χ0n) is 14.7. The highest BCUT2D eigenvalue weighted by Crippen LogP contribution is 2.34. The van der Waals surface area contributed by atoms with Crippen LogP contribution in [0.2, 0.25) is 0 Å². The van der Waals surface area contributed by atoms with Crippen molar-refractivity contribution in [3.63, 3.8) is 0 Å². The summed E-state index contributed by atoms with van der Waals surface area (Å²) in [6, 6.07) is -0.134. The molecule has 0 aromatic carbocycles. The Hall–Kier alpha value is -0.960. The second-order valence-corrected chi connectivity index (χ2v) is 9.09. The van der Waals surface area contributed by atoms with Crippen LogP contribution in [0.4, 0.5) is 0 Å². The topological polar surface area (TPSA) is 76.5 Å². The Morgan fingerprint density at radius 2 is 2.04 bits per heavy atom. The van der Waals surface area contributed by atoms with Crippen LogP contribution >= 0.6 is 0 Å². The van der Waals surface area contributed by atoms with E-state index in [-0.39, 0.29) is 17.7 Å². The summed E-state index contributed by atoms with van der Waals surface area (Å²) in [7, 11) is 2.19. The van der Waals surface area contributed by atoms with E-state index in [2.05, 4.69) is 14.6 Å². The summed E-state index contributed by atoms with van der Waals surface area (Å²) >= 11 is 0. The highest BCUT2D eigenvalue weighted by Gasteiger charge is 2.41. The van der Waals surface area contributed by atoms with Gasteiger partial charge in [0.1, 0.15) is 0 Å². The summed E-state index contributed by atoms with van der Waals surface area (Å²) in [5.74, 6) is 0.161. The van der Waals surface area contributed by atoms with Gasteiger partial charge in [-0.3, -0.25) is 0 Å². The van der Waals surface area contributed by atoms with Crippen molar-refractivity contribution in [3.05, 3.63) is 18.2 Å². The molecule has 1 aliphatic heterocycles. The lowest BCUT2D eigenvalue weighted by molar-refractivity contribution is 0.0153. The highest BCUT2D eigenvalue weighted by molar-refractivity contribution is 7.89. The second kappa shape index (κ2) is 6.74. The third-order valence-electron chi connectivity index (χ3n) is 5.47. The molecule has 7 nitrogen and oxygen atoms in total. The van der Waals surface area contributed by atoms with Crippen molar-refractivity contribution in [1.82, 2.24) is 19.2 Å². The summed E-state index contributed by atoms with van der Waals surface area (Å²) < 4.78 is 36.1. The van der Waals surface area contributed by atoms with E-state index in [4.69, 9.17) is 4.74 Å². The fourth-order valence-corrected chi connectivity index (χ4v) is 6.07. The number of likely N-dealkylation sites (tertiary alicyclic amines) is 1. The van der Waals surface area contributed by atoms with Crippen LogP contribution < -0.4 is 4.72 Å². The van der Waals surface area contributed by atoms with Crippen molar-refractivity contribution < 1.29 is 13.2 Å². The van der Waals surface area contributed by atoms with Gasteiger partial charge in [0.25, 0.3) is 0 Å². The van der Waals surface area contributed by atoms with Crippen LogP contribution in [0.25, 0.3) is 0 Å². The summed E-state index contributed by atoms with van der Waals surface area (Å²) in [5, 5.41) is 0. The van der Waals surface area contributed by atoms with Gasteiger partial charge in [-0.2, -0.15) is 0 Å². The Labute approximate surface area is 144 Å². The third kappa shape index (κ3) is 3.66. The Kier molecular flexibility index (Phi) is 5.01. The zero-order valence-corrected chi connectivity index (χ0v) is 15.6. The normalized spacial score (nSPS) is 27.8. The molecule has 1 aromatic heterocycles. The first-order valence-corrected chi connectivity index (χ1v) is 10.2. The first-order chi connectivity index (χ1) is 11.3. The fraction of sp³-hybridized carbons (Fsp3) is 0.812. The molecule has 1 aromatic rings. The Balaban J connectivity index is 1.74. The lowest BCUT2D eigenvalue weighted by atomic mass is 10.0. The summed E-state index contributed by atoms with van der Waals surface area (Å²) in [5.41, 5.74) is 0.549. The molecule has 1 saturated carbocycles. The first-order valence-electron chi connectivity index (χ1n) is 8.54. The van der Waals surface area contributed by atoms with Gasteiger partial charge >= 0.3 is 0 Å². The van der Waals surface area contributed by atoms with E-state index in [1.807, 2.05) is 24.9 Å². The number of hydrogen-bond donors (Lipinski definition) is 1. The van der Waals surface area contributed by atoms with Crippen molar-refractivity contribution in [2.75, 3.05) is 33.0 Å². The van der Waals surface area contributed by atoms with E-state index in [9.17, 15) is 8.42 Å². The van der Waals surface area contributed by atoms with E-state index in [0.29, 0.717) is 6.54 Å². The number of likely N-dealkylation sites (N-methyl/N-ethyl adjacent to an activating group) is 1. The van der Waals surface area contributed by atoms with Crippen LogP contribution in [-0.2, 0) is 21.8 Å². The van der Waals surface area contributed by atoms with Crippen LogP contribution in [0, 0.1) is 0 Å². The number of sulfonamides is 1. The van der Waals surface area contributed by atoms with Crippen molar-refractivity contribution >= 4 is 10.0 Å². The fourth-order valence-electron chi connectivity index (χ4n) is 4.19. The van der Waals surface area contributed by atoms with Crippen molar-refractivity contribution in [1.29, 1.82) is 0 Å². The smallest absolute Gasteiger partial charge is 0.214 e. The molecule has 2 heterocycles. The number of ether oxygens (including phenoxy) is 1. The molecular weight excluding hydrogens is 328 g/mol. The largest absolute Gasteiger partial charge is 0.377 e. The molecule has 136 valence electrons. The van der Waals surface area contributed by atoms with E-state index in [0.717, 1.165) is 37.9 Å².